The number of aryl methyl sites for hydroxylation is 1. The van der Waals surface area contributed by atoms with Crippen LogP contribution in [0.2, 0.25) is 5.02 Å². The fourth-order valence-corrected chi connectivity index (χ4v) is 5.23. The summed E-state index contributed by atoms with van der Waals surface area (Å²) in [5.74, 6) is -0.178. The number of carbonyl (C=O) groups excluding carboxylic acids is 3. The molecule has 0 bridgehead atoms. The molecule has 226 valence electrons. The second-order valence-electron chi connectivity index (χ2n) is 9.65. The molecular formula is C34H32ClN3O5S. The van der Waals surface area contributed by atoms with Crippen LogP contribution < -0.4 is 25.4 Å². The highest BCUT2D eigenvalue weighted by atomic mass is 35.5. The molecule has 44 heavy (non-hydrogen) atoms. The van der Waals surface area contributed by atoms with Crippen molar-refractivity contribution >= 4 is 58.5 Å². The topological polar surface area (TPSA) is 106 Å². The molecule has 10 heteroatoms. The second kappa shape index (κ2) is 15.1. The average Bonchev–Trinajstić information content (AvgIpc) is 3.03. The summed E-state index contributed by atoms with van der Waals surface area (Å²) in [4.78, 5) is 40.3. The molecule has 0 saturated heterocycles. The predicted octanol–water partition coefficient (Wildman–Crippen LogP) is 7.19. The molecule has 0 radical (unpaired) electrons. The van der Waals surface area contributed by atoms with Gasteiger partial charge in [-0.05, 0) is 68.0 Å². The van der Waals surface area contributed by atoms with Gasteiger partial charge in [0.1, 0.15) is 17.2 Å². The Hall–Kier alpha value is -4.73. The fraction of sp³-hybridized carbons (Fsp3) is 0.147. The van der Waals surface area contributed by atoms with Gasteiger partial charge >= 0.3 is 0 Å². The standard InChI is InChI=1S/C34H32ClN3O5S/c1-21-17-28(31(43-4)20-27(21)35)37-32(39)22(2)44-26-15-10-14-25(19-26)36-34(41)29(18-24-13-8-9-16-30(24)42-3)38-33(40)23-11-6-5-7-12-23/h5-20,22H,1-4H3,(H,36,41)(H,37,39)(H,38,40)/b29-18+. The van der Waals surface area contributed by atoms with Gasteiger partial charge in [0.05, 0.1) is 25.2 Å². The van der Waals surface area contributed by atoms with Gasteiger partial charge in [0.25, 0.3) is 11.8 Å². The van der Waals surface area contributed by atoms with Gasteiger partial charge in [0.2, 0.25) is 5.91 Å². The van der Waals surface area contributed by atoms with E-state index >= 15 is 0 Å². The molecule has 4 aromatic carbocycles. The van der Waals surface area contributed by atoms with Crippen LogP contribution in [-0.2, 0) is 9.59 Å². The SMILES string of the molecule is COc1ccccc1/C=C(/NC(=O)c1ccccc1)C(=O)Nc1cccc(SC(C)C(=O)Nc2cc(C)c(Cl)cc2OC)c1. The van der Waals surface area contributed by atoms with E-state index in [0.29, 0.717) is 39.0 Å². The number of thioether (sulfide) groups is 1. The van der Waals surface area contributed by atoms with Crippen molar-refractivity contribution in [3.05, 3.63) is 118 Å². The molecule has 4 rings (SSSR count). The summed E-state index contributed by atoms with van der Waals surface area (Å²) < 4.78 is 10.8. The number of hydrogen-bond donors (Lipinski definition) is 3. The molecule has 0 aliphatic carbocycles. The zero-order valence-electron chi connectivity index (χ0n) is 24.6. The third-order valence-electron chi connectivity index (χ3n) is 6.48. The van der Waals surface area contributed by atoms with E-state index in [-0.39, 0.29) is 11.6 Å². The van der Waals surface area contributed by atoms with Gasteiger partial charge in [-0.15, -0.1) is 11.8 Å². The van der Waals surface area contributed by atoms with E-state index < -0.39 is 17.1 Å². The van der Waals surface area contributed by atoms with Crippen LogP contribution in [-0.4, -0.2) is 37.2 Å². The van der Waals surface area contributed by atoms with Gasteiger partial charge in [0.15, 0.2) is 0 Å². The van der Waals surface area contributed by atoms with E-state index in [0.717, 1.165) is 10.5 Å². The van der Waals surface area contributed by atoms with Gasteiger partial charge in [-0.25, -0.2) is 0 Å². The Morgan fingerprint density at radius 2 is 1.55 bits per heavy atom. The van der Waals surface area contributed by atoms with Gasteiger partial charge in [-0.3, -0.25) is 14.4 Å². The molecule has 1 atom stereocenters. The molecule has 0 saturated carbocycles. The number of para-hydroxylation sites is 1. The van der Waals surface area contributed by atoms with Gasteiger partial charge < -0.3 is 25.4 Å². The first kappa shape index (κ1) is 32.2. The number of carbonyl (C=O) groups is 3. The van der Waals surface area contributed by atoms with Crippen molar-refractivity contribution in [2.45, 2.75) is 24.0 Å². The zero-order valence-corrected chi connectivity index (χ0v) is 26.2. The fourth-order valence-electron chi connectivity index (χ4n) is 4.15. The summed E-state index contributed by atoms with van der Waals surface area (Å²) >= 11 is 7.52. The molecule has 3 N–H and O–H groups in total. The number of nitrogens with one attached hydrogen (secondary N) is 3. The van der Waals surface area contributed by atoms with Crippen LogP contribution in [0.4, 0.5) is 11.4 Å². The molecule has 0 aliphatic heterocycles. The van der Waals surface area contributed by atoms with Crippen LogP contribution in [0.15, 0.2) is 102 Å². The molecule has 1 unspecified atom stereocenters. The Morgan fingerprint density at radius 3 is 2.27 bits per heavy atom. The van der Waals surface area contributed by atoms with Gasteiger partial charge in [0, 0.05) is 32.8 Å². The minimum Gasteiger partial charge on any atom is -0.496 e. The molecule has 0 heterocycles. The van der Waals surface area contributed by atoms with Crippen molar-refractivity contribution in [3.8, 4) is 11.5 Å². The highest BCUT2D eigenvalue weighted by Gasteiger charge is 2.19. The summed E-state index contributed by atoms with van der Waals surface area (Å²) in [6.45, 7) is 3.63. The Balaban J connectivity index is 1.51. The van der Waals surface area contributed by atoms with Crippen molar-refractivity contribution < 1.29 is 23.9 Å². The van der Waals surface area contributed by atoms with Crippen molar-refractivity contribution in [2.24, 2.45) is 0 Å². The Kier molecular flexibility index (Phi) is 11.1. The molecule has 3 amide bonds. The Labute approximate surface area is 265 Å². The summed E-state index contributed by atoms with van der Waals surface area (Å²) in [5.41, 5.74) is 2.88. The van der Waals surface area contributed by atoms with E-state index in [1.807, 2.05) is 25.1 Å². The molecule has 8 nitrogen and oxygen atoms in total. The maximum atomic E-state index is 13.5. The highest BCUT2D eigenvalue weighted by molar-refractivity contribution is 8.00. The third-order valence-corrected chi connectivity index (χ3v) is 7.98. The Bertz CT molecular complexity index is 1690. The lowest BCUT2D eigenvalue weighted by Crippen LogP contribution is -2.30. The van der Waals surface area contributed by atoms with Crippen LogP contribution >= 0.6 is 23.4 Å². The first-order valence-electron chi connectivity index (χ1n) is 13.6. The highest BCUT2D eigenvalue weighted by Crippen LogP contribution is 2.32. The minimum absolute atomic E-state index is 0.0290. The maximum Gasteiger partial charge on any atom is 0.272 e. The summed E-state index contributed by atoms with van der Waals surface area (Å²) in [6, 6.07) is 26.3. The van der Waals surface area contributed by atoms with E-state index in [1.165, 1.54) is 26.0 Å². The van der Waals surface area contributed by atoms with Crippen molar-refractivity contribution in [1.29, 1.82) is 0 Å². The minimum atomic E-state index is -0.529. The zero-order chi connectivity index (χ0) is 31.6. The molecule has 4 aromatic rings. The van der Waals surface area contributed by atoms with E-state index in [4.69, 9.17) is 21.1 Å². The van der Waals surface area contributed by atoms with Crippen LogP contribution in [0.3, 0.4) is 0 Å². The van der Waals surface area contributed by atoms with Gasteiger partial charge in [-0.2, -0.15) is 0 Å². The number of amides is 3. The number of halogens is 1. The van der Waals surface area contributed by atoms with Gasteiger partial charge in [-0.1, -0.05) is 54.1 Å². The largest absolute Gasteiger partial charge is 0.496 e. The number of anilines is 2. The normalized spacial score (nSPS) is 11.7. The second-order valence-corrected chi connectivity index (χ2v) is 11.5. The predicted molar refractivity (Wildman–Crippen MR) is 177 cm³/mol. The maximum absolute atomic E-state index is 13.5. The lowest BCUT2D eigenvalue weighted by molar-refractivity contribution is -0.115. The average molecular weight is 630 g/mol. The molecular weight excluding hydrogens is 598 g/mol. The number of benzene rings is 4. The first-order chi connectivity index (χ1) is 21.2. The number of ether oxygens (including phenoxy) is 2. The van der Waals surface area contributed by atoms with E-state index in [9.17, 15) is 14.4 Å². The lowest BCUT2D eigenvalue weighted by atomic mass is 10.1. The van der Waals surface area contributed by atoms with Crippen LogP contribution in [0.25, 0.3) is 6.08 Å². The molecule has 0 aliphatic rings. The van der Waals surface area contributed by atoms with E-state index in [1.54, 1.807) is 85.8 Å². The number of methoxy groups -OCH3 is 2. The van der Waals surface area contributed by atoms with Crippen LogP contribution in [0.1, 0.15) is 28.4 Å². The van der Waals surface area contributed by atoms with Crippen molar-refractivity contribution in [3.63, 3.8) is 0 Å². The number of rotatable bonds is 11. The molecule has 0 spiro atoms. The summed E-state index contributed by atoms with van der Waals surface area (Å²) in [5, 5.41) is 8.56. The third kappa shape index (κ3) is 8.43. The number of hydrogen-bond acceptors (Lipinski definition) is 6. The summed E-state index contributed by atoms with van der Waals surface area (Å²) in [7, 11) is 3.05. The lowest BCUT2D eigenvalue weighted by Gasteiger charge is -2.16. The van der Waals surface area contributed by atoms with Crippen molar-refractivity contribution in [1.82, 2.24) is 5.32 Å². The van der Waals surface area contributed by atoms with Crippen LogP contribution in [0.5, 0.6) is 11.5 Å². The molecule has 0 fully saturated rings. The van der Waals surface area contributed by atoms with E-state index in [2.05, 4.69) is 16.0 Å². The first-order valence-corrected chi connectivity index (χ1v) is 14.9. The van der Waals surface area contributed by atoms with Crippen LogP contribution in [0, 0.1) is 6.92 Å². The van der Waals surface area contributed by atoms with Crippen molar-refractivity contribution in [2.75, 3.05) is 24.9 Å². The summed E-state index contributed by atoms with van der Waals surface area (Å²) in [6.07, 6.45) is 1.56. The monoisotopic (exact) mass is 629 g/mol. The molecule has 0 aromatic heterocycles. The Morgan fingerprint density at radius 1 is 0.841 bits per heavy atom. The smallest absolute Gasteiger partial charge is 0.272 e. The quantitative estimate of drug-likeness (QED) is 0.120.